The molecule has 0 bridgehead atoms. The van der Waals surface area contributed by atoms with Crippen molar-refractivity contribution in [2.75, 3.05) is 24.7 Å². The molecular weight excluding hydrogens is 530 g/mol. The molecule has 1 amide bonds. The molecule has 0 radical (unpaired) electrons. The van der Waals surface area contributed by atoms with E-state index in [1.807, 2.05) is 94.6 Å². The number of pyridine rings is 1. The molecule has 0 aliphatic carbocycles. The molecule has 0 spiro atoms. The summed E-state index contributed by atoms with van der Waals surface area (Å²) in [4.78, 5) is 31.7. The second kappa shape index (κ2) is 12.7. The van der Waals surface area contributed by atoms with Gasteiger partial charge in [0.2, 0.25) is 0 Å². The lowest BCUT2D eigenvalue weighted by Gasteiger charge is -2.31. The van der Waals surface area contributed by atoms with Gasteiger partial charge in [0.05, 0.1) is 25.7 Å². The van der Waals surface area contributed by atoms with Crippen LogP contribution in [0.15, 0.2) is 72.9 Å². The van der Waals surface area contributed by atoms with E-state index in [0.717, 1.165) is 46.3 Å². The predicted octanol–water partition coefficient (Wildman–Crippen LogP) is 6.89. The summed E-state index contributed by atoms with van der Waals surface area (Å²) >= 11 is 0. The van der Waals surface area contributed by atoms with Gasteiger partial charge in [0.15, 0.2) is 0 Å². The first kappa shape index (κ1) is 29.2. The smallest absolute Gasteiger partial charge is 0.416 e. The summed E-state index contributed by atoms with van der Waals surface area (Å²) in [5, 5.41) is 1.03. The molecule has 220 valence electrons. The number of carbonyl (C=O) groups is 2. The first-order valence-corrected chi connectivity index (χ1v) is 14.6. The van der Waals surface area contributed by atoms with E-state index in [1.54, 1.807) is 4.90 Å². The van der Waals surface area contributed by atoms with Gasteiger partial charge in [-0.05, 0) is 82.0 Å². The van der Waals surface area contributed by atoms with Gasteiger partial charge in [-0.1, -0.05) is 36.4 Å². The molecule has 0 saturated carbocycles. The van der Waals surface area contributed by atoms with Crippen molar-refractivity contribution in [3.63, 3.8) is 0 Å². The second-order valence-corrected chi connectivity index (χ2v) is 11.5. The zero-order chi connectivity index (χ0) is 29.7. The molecule has 8 heteroatoms. The van der Waals surface area contributed by atoms with Crippen LogP contribution in [0.5, 0.6) is 5.75 Å². The number of ether oxygens (including phenoxy) is 3. The first-order valence-electron chi connectivity index (χ1n) is 14.6. The van der Waals surface area contributed by atoms with E-state index >= 15 is 0 Å². The lowest BCUT2D eigenvalue weighted by Crippen LogP contribution is -2.40. The average Bonchev–Trinajstić information content (AvgIpc) is 3.38. The highest BCUT2D eigenvalue weighted by Gasteiger charge is 2.28. The zero-order valence-electron chi connectivity index (χ0n) is 24.8. The van der Waals surface area contributed by atoms with E-state index in [-0.39, 0.29) is 24.5 Å². The molecule has 1 atom stereocenters. The van der Waals surface area contributed by atoms with Crippen LogP contribution in [0.4, 0.5) is 10.6 Å². The van der Waals surface area contributed by atoms with Crippen molar-refractivity contribution in [2.45, 2.75) is 65.0 Å². The van der Waals surface area contributed by atoms with Crippen LogP contribution < -0.4 is 9.64 Å². The lowest BCUT2D eigenvalue weighted by molar-refractivity contribution is -0.143. The monoisotopic (exact) mass is 569 g/mol. The number of anilines is 1. The second-order valence-electron chi connectivity index (χ2n) is 11.5. The van der Waals surface area contributed by atoms with Crippen LogP contribution in [0.25, 0.3) is 10.9 Å². The summed E-state index contributed by atoms with van der Waals surface area (Å²) in [6.45, 7) is 8.83. The Balaban J connectivity index is 1.28. The van der Waals surface area contributed by atoms with Gasteiger partial charge in [0.25, 0.3) is 0 Å². The summed E-state index contributed by atoms with van der Waals surface area (Å²) in [5.74, 6) is 1.22. The fourth-order valence-corrected chi connectivity index (χ4v) is 5.32. The quantitative estimate of drug-likeness (QED) is 0.204. The summed E-state index contributed by atoms with van der Waals surface area (Å²) in [6.07, 6.45) is 4.28. The highest BCUT2D eigenvalue weighted by Crippen LogP contribution is 2.31. The van der Waals surface area contributed by atoms with Crippen LogP contribution >= 0.6 is 0 Å². The summed E-state index contributed by atoms with van der Waals surface area (Å²) in [7, 11) is 0. The molecule has 1 aliphatic heterocycles. The van der Waals surface area contributed by atoms with Crippen LogP contribution in [0.2, 0.25) is 0 Å². The Morgan fingerprint density at radius 2 is 1.83 bits per heavy atom. The number of esters is 1. The van der Waals surface area contributed by atoms with Crippen molar-refractivity contribution in [3.05, 3.63) is 89.7 Å². The SMILES string of the molecule is CCOC(=O)CC(c1ccccc1)n1ccc2cc(OCCc3ccc4c(n3)N(C(=O)OC(C)(C)C)CCC4)ccc21. The molecule has 3 heterocycles. The van der Waals surface area contributed by atoms with Gasteiger partial charge in [-0.2, -0.15) is 0 Å². The van der Waals surface area contributed by atoms with Crippen molar-refractivity contribution >= 4 is 28.8 Å². The Kier molecular flexibility index (Phi) is 8.80. The van der Waals surface area contributed by atoms with Crippen molar-refractivity contribution in [3.8, 4) is 5.75 Å². The number of aromatic nitrogens is 2. The molecule has 8 nitrogen and oxygen atoms in total. The van der Waals surface area contributed by atoms with Gasteiger partial charge >= 0.3 is 12.1 Å². The Morgan fingerprint density at radius 3 is 2.60 bits per heavy atom. The predicted molar refractivity (Wildman–Crippen MR) is 163 cm³/mol. The number of carbonyl (C=O) groups excluding carboxylic acids is 2. The number of hydrogen-bond acceptors (Lipinski definition) is 6. The maximum Gasteiger partial charge on any atom is 0.416 e. The van der Waals surface area contributed by atoms with Crippen molar-refractivity contribution in [1.82, 2.24) is 9.55 Å². The highest BCUT2D eigenvalue weighted by atomic mass is 16.6. The standard InChI is InChI=1S/C34H39N3O5/c1-5-40-31(38)23-30(24-10-7-6-8-11-24)36-20-17-26-22-28(15-16-29(26)36)41-21-18-27-14-13-25-12-9-19-37(32(25)35-27)33(39)42-34(2,3)4/h6-8,10-11,13-17,20,22,30H,5,9,12,18-19,21,23H2,1-4H3. The molecule has 4 aromatic rings. The number of amides is 1. The molecule has 1 aliphatic rings. The molecule has 42 heavy (non-hydrogen) atoms. The molecule has 5 rings (SSSR count). The maximum absolute atomic E-state index is 12.8. The van der Waals surface area contributed by atoms with Gasteiger partial charge in [-0.3, -0.25) is 9.69 Å². The Bertz CT molecular complexity index is 1540. The summed E-state index contributed by atoms with van der Waals surface area (Å²) in [5.41, 5.74) is 3.42. The van der Waals surface area contributed by atoms with Crippen molar-refractivity contribution in [2.24, 2.45) is 0 Å². The first-order chi connectivity index (χ1) is 20.2. The minimum atomic E-state index is -0.564. The third kappa shape index (κ3) is 6.93. The van der Waals surface area contributed by atoms with E-state index in [4.69, 9.17) is 19.2 Å². The summed E-state index contributed by atoms with van der Waals surface area (Å²) < 4.78 is 19.1. The van der Waals surface area contributed by atoms with Crippen LogP contribution in [0.1, 0.15) is 63.4 Å². The van der Waals surface area contributed by atoms with Gasteiger partial charge in [0.1, 0.15) is 17.2 Å². The van der Waals surface area contributed by atoms with Crippen LogP contribution in [-0.4, -0.2) is 47.0 Å². The van der Waals surface area contributed by atoms with Crippen LogP contribution in [-0.2, 0) is 27.1 Å². The largest absolute Gasteiger partial charge is 0.493 e. The van der Waals surface area contributed by atoms with Crippen LogP contribution in [0.3, 0.4) is 0 Å². The van der Waals surface area contributed by atoms with Gasteiger partial charge in [0, 0.05) is 35.8 Å². The van der Waals surface area contributed by atoms with E-state index in [2.05, 4.69) is 10.6 Å². The molecule has 0 fully saturated rings. The topological polar surface area (TPSA) is 82.9 Å². The van der Waals surface area contributed by atoms with E-state index in [0.29, 0.717) is 32.0 Å². The Labute approximate surface area is 247 Å². The number of nitrogens with zero attached hydrogens (tertiary/aromatic N) is 3. The summed E-state index contributed by atoms with van der Waals surface area (Å²) in [6, 6.07) is 21.9. The Hall–Kier alpha value is -4.33. The lowest BCUT2D eigenvalue weighted by atomic mass is 10.0. The fourth-order valence-electron chi connectivity index (χ4n) is 5.32. The highest BCUT2D eigenvalue weighted by molar-refractivity contribution is 5.88. The maximum atomic E-state index is 12.8. The van der Waals surface area contributed by atoms with E-state index in [9.17, 15) is 9.59 Å². The van der Waals surface area contributed by atoms with Gasteiger partial charge < -0.3 is 18.8 Å². The fraction of sp³-hybridized carbons (Fsp3) is 0.382. The van der Waals surface area contributed by atoms with Crippen molar-refractivity contribution < 1.29 is 23.8 Å². The average molecular weight is 570 g/mol. The minimum absolute atomic E-state index is 0.176. The third-order valence-corrected chi connectivity index (χ3v) is 7.22. The Morgan fingerprint density at radius 1 is 1.02 bits per heavy atom. The molecule has 0 N–H and O–H groups in total. The number of hydrogen-bond donors (Lipinski definition) is 0. The normalized spacial score (nSPS) is 13.9. The molecule has 2 aromatic carbocycles. The molecule has 1 unspecified atom stereocenters. The van der Waals surface area contributed by atoms with E-state index in [1.165, 1.54) is 0 Å². The number of rotatable bonds is 9. The molecule has 2 aromatic heterocycles. The van der Waals surface area contributed by atoms with Crippen LogP contribution in [0, 0.1) is 0 Å². The minimum Gasteiger partial charge on any atom is -0.493 e. The molecule has 0 saturated heterocycles. The van der Waals surface area contributed by atoms with Gasteiger partial charge in [-0.25, -0.2) is 9.78 Å². The number of benzene rings is 2. The number of fused-ring (bicyclic) bond motifs is 2. The van der Waals surface area contributed by atoms with Crippen molar-refractivity contribution in [1.29, 1.82) is 0 Å². The van der Waals surface area contributed by atoms with Gasteiger partial charge in [-0.15, -0.1) is 0 Å². The molecular formula is C34H39N3O5. The third-order valence-electron chi connectivity index (χ3n) is 7.22. The number of aryl methyl sites for hydroxylation is 1. The van der Waals surface area contributed by atoms with E-state index < -0.39 is 5.60 Å². The zero-order valence-corrected chi connectivity index (χ0v) is 24.8.